The summed E-state index contributed by atoms with van der Waals surface area (Å²) in [6, 6.07) is 29.2. The van der Waals surface area contributed by atoms with Crippen LogP contribution in [0.25, 0.3) is 34.4 Å². The van der Waals surface area contributed by atoms with E-state index in [-0.39, 0.29) is 93.2 Å². The van der Waals surface area contributed by atoms with Gasteiger partial charge >= 0.3 is 30.8 Å². The minimum atomic E-state index is -0.960. The van der Waals surface area contributed by atoms with Crippen LogP contribution < -0.4 is 49.3 Å². The maximum absolute atomic E-state index is 15.4. The van der Waals surface area contributed by atoms with Crippen LogP contribution in [-0.4, -0.2) is 81.3 Å². The van der Waals surface area contributed by atoms with Crippen LogP contribution in [0.1, 0.15) is 74.6 Å². The first-order chi connectivity index (χ1) is 34.7. The fraction of sp³-hybridized carbons (Fsp3) is 0.276. The van der Waals surface area contributed by atoms with Crippen molar-refractivity contribution in [1.82, 2.24) is 9.80 Å². The van der Waals surface area contributed by atoms with Gasteiger partial charge in [-0.1, -0.05) is 60.7 Å². The van der Waals surface area contributed by atoms with Crippen LogP contribution in [0.15, 0.2) is 109 Å². The van der Waals surface area contributed by atoms with Crippen LogP contribution in [0.5, 0.6) is 23.0 Å². The second-order valence-electron chi connectivity index (χ2n) is 17.9. The number of ether oxygens (including phenoxy) is 5. The Labute approximate surface area is 443 Å². The quantitative estimate of drug-likeness (QED) is 0.0562. The molecule has 2 atom stereocenters. The van der Waals surface area contributed by atoms with Crippen LogP contribution in [0.2, 0.25) is 0 Å². The van der Waals surface area contributed by atoms with E-state index in [1.807, 2.05) is 58.5 Å². The molecule has 0 saturated heterocycles. The first kappa shape index (κ1) is 58.1. The molecule has 74 heavy (non-hydrogen) atoms. The van der Waals surface area contributed by atoms with Gasteiger partial charge in [-0.05, 0) is 140 Å². The minimum Gasteiger partial charge on any atom is -0.870 e. The number of aliphatic carboxylic acids is 1. The number of halogens is 2. The van der Waals surface area contributed by atoms with Gasteiger partial charge < -0.3 is 45.7 Å². The fourth-order valence-electron chi connectivity index (χ4n) is 9.10. The molecule has 0 spiro atoms. The van der Waals surface area contributed by atoms with Gasteiger partial charge in [0.05, 0.1) is 45.8 Å². The molecule has 8 rings (SSSR count). The second-order valence-corrected chi connectivity index (χ2v) is 17.9. The van der Waals surface area contributed by atoms with Crippen molar-refractivity contribution in [3.05, 3.63) is 176 Å². The zero-order valence-corrected chi connectivity index (χ0v) is 43.2. The van der Waals surface area contributed by atoms with Gasteiger partial charge in [0.25, 0.3) is 0 Å². The molecule has 0 heterocycles. The minimum absolute atomic E-state index is 0. The van der Waals surface area contributed by atoms with Crippen molar-refractivity contribution in [1.29, 1.82) is 0 Å². The van der Waals surface area contributed by atoms with Gasteiger partial charge in [-0.3, -0.25) is 19.4 Å². The van der Waals surface area contributed by atoms with Crippen molar-refractivity contribution in [2.75, 3.05) is 49.0 Å². The molecule has 0 aliphatic heterocycles. The maximum atomic E-state index is 15.4. The van der Waals surface area contributed by atoms with E-state index in [0.717, 1.165) is 44.5 Å². The van der Waals surface area contributed by atoms with E-state index in [1.165, 1.54) is 7.11 Å². The fourth-order valence-corrected chi connectivity index (χ4v) is 9.10. The van der Waals surface area contributed by atoms with Gasteiger partial charge in [-0.15, -0.1) is 0 Å². The van der Waals surface area contributed by atoms with Crippen molar-refractivity contribution >= 4 is 24.1 Å². The zero-order chi connectivity index (χ0) is 51.6. The number of hydrogen-bond donors (Lipinski definition) is 3. The van der Waals surface area contributed by atoms with Gasteiger partial charge in [0, 0.05) is 46.5 Å². The predicted molar refractivity (Wildman–Crippen MR) is 279 cm³/mol. The molecule has 16 heteroatoms. The molecular weight excluding hydrogens is 942 g/mol. The Morgan fingerprint density at radius 1 is 0.608 bits per heavy atom. The largest absolute Gasteiger partial charge is 1.00 e. The molecule has 6 aromatic carbocycles. The number of hydrogen-bond acceptors (Lipinski definition) is 12. The monoisotopic (exact) mass is 1000 g/mol. The summed E-state index contributed by atoms with van der Waals surface area (Å²) in [5.41, 5.74) is 22.1. The van der Waals surface area contributed by atoms with E-state index in [0.29, 0.717) is 63.0 Å². The van der Waals surface area contributed by atoms with Crippen molar-refractivity contribution in [2.45, 2.75) is 58.2 Å². The molecule has 2 aliphatic rings. The first-order valence-electron chi connectivity index (χ1n) is 23.6. The predicted octanol–water partition coefficient (Wildman–Crippen LogP) is 6.90. The Morgan fingerprint density at radius 2 is 1.04 bits per heavy atom. The molecule has 384 valence electrons. The molecule has 2 unspecified atom stereocenters. The summed E-state index contributed by atoms with van der Waals surface area (Å²) < 4.78 is 58.6. The third-order valence-electron chi connectivity index (χ3n) is 12.7. The van der Waals surface area contributed by atoms with Crippen LogP contribution in [-0.2, 0) is 53.5 Å². The summed E-state index contributed by atoms with van der Waals surface area (Å²) in [7, 11) is 11.1. The SMILES string of the molecule is CCOC(=O)Cc1cc(OC)ccc1OCc1cc(-c2cccc(CN)c2F)c2c(c1)C(N(C)C)C=C2.COc1ccc(OCc2cc(-c3cccc(CN)c3F)c3c(c2)C(N(C)C)C=C3)c(CC(=O)O)c1.[Li+].[OH-]. The van der Waals surface area contributed by atoms with E-state index in [4.69, 9.17) is 35.2 Å². The third-order valence-corrected chi connectivity index (χ3v) is 12.7. The number of carbonyl (C=O) groups is 2. The normalized spacial score (nSPS) is 13.8. The molecule has 6 aromatic rings. The van der Waals surface area contributed by atoms with Gasteiger partial charge in [-0.25, -0.2) is 8.78 Å². The molecule has 0 saturated carbocycles. The topological polar surface area (TPSA) is 189 Å². The number of nitrogens with two attached hydrogens (primary N) is 2. The Kier molecular flexibility index (Phi) is 20.7. The molecule has 6 N–H and O–H groups in total. The zero-order valence-electron chi connectivity index (χ0n) is 43.2. The summed E-state index contributed by atoms with van der Waals surface area (Å²) >= 11 is 0. The average molecular weight is 1010 g/mol. The van der Waals surface area contributed by atoms with Crippen molar-refractivity contribution in [2.24, 2.45) is 11.5 Å². The number of esters is 1. The van der Waals surface area contributed by atoms with E-state index in [1.54, 1.807) is 74.7 Å². The number of carboxylic acids is 1. The smallest absolute Gasteiger partial charge is 0.870 e. The number of nitrogens with zero attached hydrogens (tertiary/aromatic N) is 2. The average Bonchev–Trinajstić information content (AvgIpc) is 4.01. The van der Waals surface area contributed by atoms with E-state index >= 15 is 8.78 Å². The van der Waals surface area contributed by atoms with Crippen molar-refractivity contribution in [3.63, 3.8) is 0 Å². The van der Waals surface area contributed by atoms with Crippen LogP contribution >= 0.6 is 0 Å². The number of benzene rings is 6. The van der Waals surface area contributed by atoms with Crippen molar-refractivity contribution in [3.8, 4) is 45.3 Å². The second kappa shape index (κ2) is 26.4. The van der Waals surface area contributed by atoms with Gasteiger partial charge in [0.2, 0.25) is 0 Å². The molecule has 0 radical (unpaired) electrons. The summed E-state index contributed by atoms with van der Waals surface area (Å²) in [5.74, 6) is 0.289. The van der Waals surface area contributed by atoms with E-state index < -0.39 is 5.97 Å². The summed E-state index contributed by atoms with van der Waals surface area (Å²) in [5, 5.41) is 9.31. The number of likely N-dealkylation sites (N-methyl/N-ethyl adjacent to an activating group) is 2. The molecule has 0 amide bonds. The number of fused-ring (bicyclic) bond motifs is 2. The molecule has 0 bridgehead atoms. The molecule has 2 aliphatic carbocycles. The van der Waals surface area contributed by atoms with E-state index in [2.05, 4.69) is 40.2 Å². The van der Waals surface area contributed by atoms with E-state index in [9.17, 15) is 14.7 Å². The van der Waals surface area contributed by atoms with Crippen molar-refractivity contribution < 1.29 is 71.5 Å². The molecule has 0 fully saturated rings. The Balaban J connectivity index is 0.000000267. The number of methoxy groups -OCH3 is 2. The molecule has 13 nitrogen and oxygen atoms in total. The number of rotatable bonds is 19. The van der Waals surface area contributed by atoms with Gasteiger partial charge in [0.1, 0.15) is 47.8 Å². The summed E-state index contributed by atoms with van der Waals surface area (Å²) in [6.45, 7) is 2.75. The Morgan fingerprint density at radius 3 is 1.42 bits per heavy atom. The third kappa shape index (κ3) is 13.3. The van der Waals surface area contributed by atoms with Crippen LogP contribution in [0.4, 0.5) is 8.78 Å². The molecular formula is C58H63F2LiN4O9. The summed E-state index contributed by atoms with van der Waals surface area (Å²) in [4.78, 5) is 27.7. The Hall–Kier alpha value is -6.80. The first-order valence-corrected chi connectivity index (χ1v) is 23.6. The molecule has 0 aromatic heterocycles. The maximum Gasteiger partial charge on any atom is 1.00 e. The van der Waals surface area contributed by atoms with Crippen LogP contribution in [0.3, 0.4) is 0 Å². The standard InChI is InChI=1S/C30H33FN2O4.C28H29FN2O4.Li.H2O/c1-5-36-29(34)16-21-15-22(35-4)9-12-28(21)37-18-19-13-25(24-8-6-7-20(17-32)30(24)31)23-10-11-27(33(2)3)26(23)14-19;1-31(2)25-9-8-21-23(22-6-4-5-18(15-30)28(22)29)11-17(12-24(21)25)16-35-26-10-7-20(34-3)13-19(26)14-27(32)33;;/h6-15,27H,5,16-18,32H2,1-4H3;4-13,25H,14-16,30H2,1-3H3,(H,32,33);;1H2/q;;+1;/p-1. The Bertz CT molecular complexity index is 3020. The number of carboxylic acid groups (broad SMARTS) is 1. The van der Waals surface area contributed by atoms with Crippen LogP contribution in [0, 0.1) is 11.6 Å². The van der Waals surface area contributed by atoms with Gasteiger partial charge in [0.15, 0.2) is 0 Å². The number of carbonyl (C=O) groups excluding carboxylic acids is 1. The van der Waals surface area contributed by atoms with Gasteiger partial charge in [-0.2, -0.15) is 0 Å². The summed E-state index contributed by atoms with van der Waals surface area (Å²) in [6.07, 6.45) is 8.17.